The van der Waals surface area contributed by atoms with Gasteiger partial charge >= 0.3 is 0 Å². The Balaban J connectivity index is 2.63. The van der Waals surface area contributed by atoms with E-state index >= 15 is 0 Å². The number of allylic oxidation sites excluding steroid dienone is 4. The maximum Gasteiger partial charge on any atom is 0.000897 e. The Morgan fingerprint density at radius 1 is 1.56 bits per heavy atom. The van der Waals surface area contributed by atoms with E-state index in [0.29, 0.717) is 5.92 Å². The van der Waals surface area contributed by atoms with Gasteiger partial charge in [-0.15, -0.1) is 6.58 Å². The van der Waals surface area contributed by atoms with Crippen LogP contribution in [0.1, 0.15) is 12.8 Å². The van der Waals surface area contributed by atoms with Gasteiger partial charge in [0.2, 0.25) is 0 Å². The van der Waals surface area contributed by atoms with Crippen LogP contribution in [0.5, 0.6) is 0 Å². The molecule has 0 N–H and O–H groups in total. The fraction of sp³-hybridized carbons (Fsp3) is 0.333. The van der Waals surface area contributed by atoms with Crippen LogP contribution in [0.25, 0.3) is 0 Å². The standard InChI is InChI=1S/C9H12/c1-3-9-7-5-4-6-8(9)2/h3-5,9H,1-2,6-7H2. The van der Waals surface area contributed by atoms with Gasteiger partial charge < -0.3 is 0 Å². The highest BCUT2D eigenvalue weighted by Crippen LogP contribution is 2.23. The van der Waals surface area contributed by atoms with Gasteiger partial charge in [-0.05, 0) is 12.8 Å². The van der Waals surface area contributed by atoms with Gasteiger partial charge in [0.05, 0.1) is 0 Å². The first-order valence-corrected chi connectivity index (χ1v) is 3.30. The summed E-state index contributed by atoms with van der Waals surface area (Å²) in [4.78, 5) is 0. The minimum atomic E-state index is 0.537. The maximum absolute atomic E-state index is 3.94. The summed E-state index contributed by atoms with van der Waals surface area (Å²) in [5, 5.41) is 0. The molecular formula is C9H12. The first-order chi connectivity index (χ1) is 4.34. The SMILES string of the molecule is C=CC1CC=CCC1=C. The van der Waals surface area contributed by atoms with E-state index < -0.39 is 0 Å². The third-order valence-electron chi connectivity index (χ3n) is 1.75. The minimum absolute atomic E-state index is 0.537. The molecule has 48 valence electrons. The molecular weight excluding hydrogens is 108 g/mol. The van der Waals surface area contributed by atoms with Gasteiger partial charge in [0.15, 0.2) is 0 Å². The van der Waals surface area contributed by atoms with Crippen molar-refractivity contribution in [1.82, 2.24) is 0 Å². The lowest BCUT2D eigenvalue weighted by molar-refractivity contribution is 0.734. The summed E-state index contributed by atoms with van der Waals surface area (Å²) in [6.07, 6.45) is 8.48. The van der Waals surface area contributed by atoms with Crippen LogP contribution in [0.2, 0.25) is 0 Å². The first kappa shape index (κ1) is 6.34. The molecule has 0 amide bonds. The molecule has 0 bridgehead atoms. The Labute approximate surface area is 56.6 Å². The van der Waals surface area contributed by atoms with E-state index in [1.165, 1.54) is 5.57 Å². The highest BCUT2D eigenvalue weighted by molar-refractivity contribution is 5.17. The third kappa shape index (κ3) is 1.32. The van der Waals surface area contributed by atoms with E-state index in [0.717, 1.165) is 12.8 Å². The van der Waals surface area contributed by atoms with E-state index in [1.807, 2.05) is 6.08 Å². The predicted molar refractivity (Wildman–Crippen MR) is 41.2 cm³/mol. The summed E-state index contributed by atoms with van der Waals surface area (Å²) >= 11 is 0. The van der Waals surface area contributed by atoms with Crippen LogP contribution in [0.3, 0.4) is 0 Å². The molecule has 1 aliphatic rings. The zero-order valence-electron chi connectivity index (χ0n) is 5.64. The third-order valence-corrected chi connectivity index (χ3v) is 1.75. The van der Waals surface area contributed by atoms with Crippen molar-refractivity contribution in [3.63, 3.8) is 0 Å². The molecule has 0 saturated heterocycles. The van der Waals surface area contributed by atoms with Crippen molar-refractivity contribution in [2.45, 2.75) is 12.8 Å². The van der Waals surface area contributed by atoms with Crippen molar-refractivity contribution in [3.05, 3.63) is 37.0 Å². The number of rotatable bonds is 1. The second-order valence-corrected chi connectivity index (χ2v) is 2.41. The lowest BCUT2D eigenvalue weighted by atomic mass is 9.90. The molecule has 0 heteroatoms. The van der Waals surface area contributed by atoms with E-state index in [9.17, 15) is 0 Å². The molecule has 0 radical (unpaired) electrons. The Hall–Kier alpha value is -0.780. The molecule has 1 aliphatic carbocycles. The molecule has 0 nitrogen and oxygen atoms in total. The lowest BCUT2D eigenvalue weighted by Crippen LogP contribution is -2.00. The van der Waals surface area contributed by atoms with Gasteiger partial charge in [-0.3, -0.25) is 0 Å². The van der Waals surface area contributed by atoms with Gasteiger partial charge in [-0.1, -0.05) is 30.4 Å². The van der Waals surface area contributed by atoms with Crippen molar-refractivity contribution in [2.75, 3.05) is 0 Å². The van der Waals surface area contributed by atoms with E-state index in [2.05, 4.69) is 25.3 Å². The second-order valence-electron chi connectivity index (χ2n) is 2.41. The van der Waals surface area contributed by atoms with Crippen LogP contribution in [0, 0.1) is 5.92 Å². The Morgan fingerprint density at radius 2 is 2.33 bits per heavy atom. The molecule has 0 fully saturated rings. The lowest BCUT2D eigenvalue weighted by Gasteiger charge is -2.15. The van der Waals surface area contributed by atoms with Crippen LogP contribution < -0.4 is 0 Å². The van der Waals surface area contributed by atoms with Gasteiger partial charge in [0, 0.05) is 5.92 Å². The topological polar surface area (TPSA) is 0 Å². The molecule has 1 unspecified atom stereocenters. The molecule has 0 heterocycles. The van der Waals surface area contributed by atoms with E-state index in [-0.39, 0.29) is 0 Å². The number of hydrogen-bond acceptors (Lipinski definition) is 0. The van der Waals surface area contributed by atoms with Crippen LogP contribution in [0.15, 0.2) is 37.0 Å². The van der Waals surface area contributed by atoms with Crippen LogP contribution in [0.4, 0.5) is 0 Å². The van der Waals surface area contributed by atoms with Crippen molar-refractivity contribution >= 4 is 0 Å². The molecule has 0 aromatic rings. The highest BCUT2D eigenvalue weighted by Gasteiger charge is 2.08. The van der Waals surface area contributed by atoms with Crippen molar-refractivity contribution in [1.29, 1.82) is 0 Å². The molecule has 9 heavy (non-hydrogen) atoms. The zero-order chi connectivity index (χ0) is 6.69. The van der Waals surface area contributed by atoms with E-state index in [4.69, 9.17) is 0 Å². The Kier molecular flexibility index (Phi) is 1.88. The summed E-state index contributed by atoms with van der Waals surface area (Å²) < 4.78 is 0. The zero-order valence-corrected chi connectivity index (χ0v) is 5.64. The summed E-state index contributed by atoms with van der Waals surface area (Å²) in [7, 11) is 0. The van der Waals surface area contributed by atoms with Crippen LogP contribution in [-0.2, 0) is 0 Å². The second kappa shape index (κ2) is 2.67. The number of hydrogen-bond donors (Lipinski definition) is 0. The summed E-state index contributed by atoms with van der Waals surface area (Å²) in [5.74, 6) is 0.537. The van der Waals surface area contributed by atoms with E-state index in [1.54, 1.807) is 0 Å². The molecule has 0 saturated carbocycles. The quantitative estimate of drug-likeness (QED) is 0.467. The average molecular weight is 120 g/mol. The molecule has 0 aliphatic heterocycles. The van der Waals surface area contributed by atoms with Crippen molar-refractivity contribution in [2.24, 2.45) is 5.92 Å². The van der Waals surface area contributed by atoms with Crippen LogP contribution in [-0.4, -0.2) is 0 Å². The summed E-state index contributed by atoms with van der Waals surface area (Å²) in [6, 6.07) is 0. The fourth-order valence-corrected chi connectivity index (χ4v) is 1.06. The maximum atomic E-state index is 3.94. The largest absolute Gasteiger partial charge is 0.102 e. The monoisotopic (exact) mass is 120 g/mol. The first-order valence-electron chi connectivity index (χ1n) is 3.30. The average Bonchev–Trinajstić information content (AvgIpc) is 1.89. The summed E-state index contributed by atoms with van der Waals surface area (Å²) in [6.45, 7) is 7.68. The van der Waals surface area contributed by atoms with Gasteiger partial charge in [0.25, 0.3) is 0 Å². The normalized spacial score (nSPS) is 26.2. The molecule has 0 aromatic heterocycles. The molecule has 1 atom stereocenters. The Bertz CT molecular complexity index is 151. The smallest absolute Gasteiger partial charge is 0.000897 e. The highest BCUT2D eigenvalue weighted by atomic mass is 14.1. The molecule has 0 aromatic carbocycles. The predicted octanol–water partition coefficient (Wildman–Crippen LogP) is 2.69. The van der Waals surface area contributed by atoms with Crippen molar-refractivity contribution < 1.29 is 0 Å². The minimum Gasteiger partial charge on any atom is -0.102 e. The van der Waals surface area contributed by atoms with Crippen molar-refractivity contribution in [3.8, 4) is 0 Å². The van der Waals surface area contributed by atoms with Gasteiger partial charge in [-0.2, -0.15) is 0 Å². The summed E-state index contributed by atoms with van der Waals surface area (Å²) in [5.41, 5.74) is 1.30. The molecule has 0 spiro atoms. The van der Waals surface area contributed by atoms with Gasteiger partial charge in [0.1, 0.15) is 0 Å². The van der Waals surface area contributed by atoms with Crippen LogP contribution >= 0.6 is 0 Å². The van der Waals surface area contributed by atoms with Gasteiger partial charge in [-0.25, -0.2) is 0 Å². The Morgan fingerprint density at radius 3 is 2.78 bits per heavy atom. The fourth-order valence-electron chi connectivity index (χ4n) is 1.06. The molecule has 1 rings (SSSR count).